The van der Waals surface area contributed by atoms with Gasteiger partial charge in [0.2, 0.25) is 0 Å². The van der Waals surface area contributed by atoms with Crippen molar-refractivity contribution in [3.63, 3.8) is 0 Å². The van der Waals surface area contributed by atoms with Gasteiger partial charge < -0.3 is 26.4 Å². The maximum atomic E-state index is 6.59. The molecule has 1 unspecified atom stereocenters. The summed E-state index contributed by atoms with van der Waals surface area (Å²) in [6.07, 6.45) is 52.4. The molecule has 3 saturated heterocycles. The van der Waals surface area contributed by atoms with Crippen molar-refractivity contribution in [1.82, 2.24) is 0 Å². The summed E-state index contributed by atoms with van der Waals surface area (Å²) in [6.45, 7) is 12.6. The average molecular weight is 723 g/mol. The van der Waals surface area contributed by atoms with E-state index >= 15 is 0 Å². The lowest BCUT2D eigenvalue weighted by molar-refractivity contribution is -0.945. The largest absolute Gasteiger partial charge is 1.00 e. The molecule has 3 aliphatic heterocycles. The van der Waals surface area contributed by atoms with Gasteiger partial charge in [0, 0.05) is 13.2 Å². The highest BCUT2D eigenvalue weighted by atomic mass is 35.5. The van der Waals surface area contributed by atoms with E-state index in [1.165, 1.54) is 230 Å². The van der Waals surface area contributed by atoms with E-state index in [1.807, 2.05) is 0 Å². The minimum atomic E-state index is 0. The van der Waals surface area contributed by atoms with Crippen molar-refractivity contribution in [3.8, 4) is 0 Å². The van der Waals surface area contributed by atoms with Crippen LogP contribution in [0.25, 0.3) is 0 Å². The van der Waals surface area contributed by atoms with E-state index in [9.17, 15) is 0 Å². The third-order valence-electron chi connectivity index (χ3n) is 11.7. The summed E-state index contributed by atoms with van der Waals surface area (Å²) in [6, 6.07) is 0. The normalized spacial score (nSPS) is 19.5. The Morgan fingerprint density at radius 2 is 0.840 bits per heavy atom. The minimum absolute atomic E-state index is 0. The lowest BCUT2D eigenvalue weighted by Gasteiger charge is -2.50. The number of halogens is 1. The van der Waals surface area contributed by atoms with Crippen LogP contribution in [0, 0.1) is 5.92 Å². The lowest BCUT2D eigenvalue weighted by Crippen LogP contribution is -3.00. The second-order valence-corrected chi connectivity index (χ2v) is 16.4. The Hall–Kier alpha value is -0.350. The SMILES string of the molecule is CCCCCCCC/C=C\CCCCCCCCOCC(C[N+]12CCC(CC1)CC2)OCCCCCCCC/C=C\CCCCCCCC.[Cl-]. The van der Waals surface area contributed by atoms with Crippen LogP contribution in [0.15, 0.2) is 24.3 Å². The van der Waals surface area contributed by atoms with Crippen LogP contribution < -0.4 is 12.4 Å². The predicted octanol–water partition coefficient (Wildman–Crippen LogP) is 11.1. The molecule has 3 aliphatic rings. The summed E-state index contributed by atoms with van der Waals surface area (Å²) in [4.78, 5) is 0. The number of ether oxygens (including phenoxy) is 2. The van der Waals surface area contributed by atoms with Crippen LogP contribution in [0.3, 0.4) is 0 Å². The number of quaternary nitrogens is 1. The highest BCUT2D eigenvalue weighted by Gasteiger charge is 2.41. The molecule has 3 rings (SSSR count). The number of unbranched alkanes of at least 4 members (excludes halogenated alkanes) is 24. The van der Waals surface area contributed by atoms with Crippen molar-refractivity contribution >= 4 is 0 Å². The highest BCUT2D eigenvalue weighted by Crippen LogP contribution is 2.34. The van der Waals surface area contributed by atoms with E-state index in [1.54, 1.807) is 0 Å². The molecule has 296 valence electrons. The van der Waals surface area contributed by atoms with Gasteiger partial charge in [0.1, 0.15) is 12.6 Å². The van der Waals surface area contributed by atoms with Gasteiger partial charge in [-0.3, -0.25) is 0 Å². The molecular weight excluding hydrogens is 634 g/mol. The van der Waals surface area contributed by atoms with Gasteiger partial charge >= 0.3 is 0 Å². The van der Waals surface area contributed by atoms with E-state index in [0.29, 0.717) is 0 Å². The molecule has 3 fully saturated rings. The number of rotatable bonds is 37. The first kappa shape index (κ1) is 47.7. The van der Waals surface area contributed by atoms with Gasteiger partial charge in [0.15, 0.2) is 0 Å². The van der Waals surface area contributed by atoms with Gasteiger partial charge in [0.05, 0.1) is 26.2 Å². The van der Waals surface area contributed by atoms with Crippen molar-refractivity contribution in [1.29, 1.82) is 0 Å². The van der Waals surface area contributed by atoms with Crippen LogP contribution in [-0.2, 0) is 9.47 Å². The summed E-state index contributed by atoms with van der Waals surface area (Å²) < 4.78 is 14.2. The van der Waals surface area contributed by atoms with Crippen LogP contribution >= 0.6 is 0 Å². The molecule has 0 N–H and O–H groups in total. The first-order chi connectivity index (χ1) is 24.3. The average Bonchev–Trinajstić information content (AvgIpc) is 3.13. The number of fused-ring (bicyclic) bond motifs is 3. The Kier molecular flexibility index (Phi) is 34.0. The monoisotopic (exact) mass is 722 g/mol. The Morgan fingerprint density at radius 3 is 1.26 bits per heavy atom. The minimum Gasteiger partial charge on any atom is -1.00 e. The summed E-state index contributed by atoms with van der Waals surface area (Å²) in [5, 5.41) is 0. The number of hydrogen-bond donors (Lipinski definition) is 0. The summed E-state index contributed by atoms with van der Waals surface area (Å²) >= 11 is 0. The van der Waals surface area contributed by atoms with Gasteiger partial charge in [-0.1, -0.05) is 154 Å². The quantitative estimate of drug-likeness (QED) is 0.0361. The summed E-state index contributed by atoms with van der Waals surface area (Å²) in [5.74, 6) is 1.02. The van der Waals surface area contributed by atoms with Gasteiger partial charge in [-0.25, -0.2) is 0 Å². The summed E-state index contributed by atoms with van der Waals surface area (Å²) in [5.41, 5.74) is 0. The second kappa shape index (κ2) is 35.7. The van der Waals surface area contributed by atoms with Crippen molar-refractivity contribution in [2.24, 2.45) is 5.92 Å². The third-order valence-corrected chi connectivity index (χ3v) is 11.7. The Balaban J connectivity index is 0.0000125. The Bertz CT molecular complexity index is 733. The zero-order valence-electron chi connectivity index (χ0n) is 34.0. The molecular formula is C46H88ClNO2. The maximum absolute atomic E-state index is 6.59. The van der Waals surface area contributed by atoms with Gasteiger partial charge in [-0.2, -0.15) is 0 Å². The highest BCUT2D eigenvalue weighted by molar-refractivity contribution is 4.82. The maximum Gasteiger partial charge on any atom is 0.130 e. The van der Waals surface area contributed by atoms with E-state index in [0.717, 1.165) is 25.7 Å². The molecule has 3 heterocycles. The van der Waals surface area contributed by atoms with Gasteiger partial charge in [0.25, 0.3) is 0 Å². The van der Waals surface area contributed by atoms with E-state index in [-0.39, 0.29) is 18.5 Å². The molecule has 4 heteroatoms. The van der Waals surface area contributed by atoms with E-state index in [4.69, 9.17) is 9.47 Å². The fourth-order valence-corrected chi connectivity index (χ4v) is 8.26. The van der Waals surface area contributed by atoms with E-state index < -0.39 is 0 Å². The van der Waals surface area contributed by atoms with Gasteiger partial charge in [-0.05, 0) is 89.4 Å². The molecule has 0 aromatic rings. The molecule has 0 saturated carbocycles. The van der Waals surface area contributed by atoms with Crippen LogP contribution in [0.2, 0.25) is 0 Å². The van der Waals surface area contributed by atoms with Crippen molar-refractivity contribution < 1.29 is 26.4 Å². The standard InChI is InChI=1S/C46H88NO2.ClH/c1-3-5-7-9-11-13-15-17-19-21-23-25-27-29-31-33-41-48-44-46(43-47-38-35-45(36-39-47)37-40-47)49-42-34-32-30-28-26-24-22-20-18-16-14-12-10-8-6-4-2;/h17-20,45-46H,3-16,21-44H2,1-2H3;1H/q+1;/p-1/b19-17-,20-18-;. The van der Waals surface area contributed by atoms with Gasteiger partial charge in [-0.15, -0.1) is 0 Å². The van der Waals surface area contributed by atoms with Crippen LogP contribution in [-0.4, -0.2) is 56.6 Å². The topological polar surface area (TPSA) is 18.5 Å². The molecule has 3 nitrogen and oxygen atoms in total. The first-order valence-electron chi connectivity index (χ1n) is 22.6. The number of hydrogen-bond acceptors (Lipinski definition) is 2. The number of allylic oxidation sites excluding steroid dienone is 4. The zero-order chi connectivity index (χ0) is 34.8. The molecule has 0 spiro atoms. The number of nitrogens with zero attached hydrogens (tertiary/aromatic N) is 1. The Morgan fingerprint density at radius 1 is 0.480 bits per heavy atom. The van der Waals surface area contributed by atoms with Crippen LogP contribution in [0.4, 0.5) is 0 Å². The molecule has 0 aromatic carbocycles. The zero-order valence-corrected chi connectivity index (χ0v) is 34.7. The molecule has 0 radical (unpaired) electrons. The predicted molar refractivity (Wildman–Crippen MR) is 217 cm³/mol. The fraction of sp³-hybridized carbons (Fsp3) is 0.913. The third kappa shape index (κ3) is 27.3. The summed E-state index contributed by atoms with van der Waals surface area (Å²) in [7, 11) is 0. The van der Waals surface area contributed by atoms with Crippen molar-refractivity contribution in [2.75, 3.05) is 46.0 Å². The van der Waals surface area contributed by atoms with Crippen LogP contribution in [0.1, 0.15) is 213 Å². The van der Waals surface area contributed by atoms with E-state index in [2.05, 4.69) is 38.2 Å². The number of piperidine rings is 3. The Labute approximate surface area is 320 Å². The van der Waals surface area contributed by atoms with Crippen molar-refractivity contribution in [2.45, 2.75) is 219 Å². The molecule has 0 amide bonds. The lowest BCUT2D eigenvalue weighted by atomic mass is 9.85. The fourth-order valence-electron chi connectivity index (χ4n) is 8.26. The molecule has 0 aromatic heterocycles. The van der Waals surface area contributed by atoms with Crippen LogP contribution in [0.5, 0.6) is 0 Å². The smallest absolute Gasteiger partial charge is 0.130 e. The first-order valence-corrected chi connectivity index (χ1v) is 22.6. The molecule has 0 aliphatic carbocycles. The molecule has 2 bridgehead atoms. The molecule has 50 heavy (non-hydrogen) atoms. The second-order valence-electron chi connectivity index (χ2n) is 16.4. The van der Waals surface area contributed by atoms with Crippen molar-refractivity contribution in [3.05, 3.63) is 24.3 Å². The molecule has 1 atom stereocenters.